The lowest BCUT2D eigenvalue weighted by molar-refractivity contribution is -0.137. The molecule has 4 rings (SSSR count). The van der Waals surface area contributed by atoms with Crippen LogP contribution in [0.2, 0.25) is 0 Å². The number of hydrogen-bond donors (Lipinski definition) is 0. The number of ether oxygens (including phenoxy) is 1. The van der Waals surface area contributed by atoms with E-state index in [2.05, 4.69) is 19.9 Å². The van der Waals surface area contributed by atoms with Crippen LogP contribution in [0, 0.1) is 6.92 Å². The molecule has 0 saturated carbocycles. The van der Waals surface area contributed by atoms with Gasteiger partial charge in [-0.1, -0.05) is 0 Å². The number of halogens is 3. The smallest absolute Gasteiger partial charge is 0.417 e. The van der Waals surface area contributed by atoms with Gasteiger partial charge < -0.3 is 9.64 Å². The van der Waals surface area contributed by atoms with E-state index in [1.807, 2.05) is 13.0 Å². The molecule has 3 aromatic rings. The number of aromatic nitrogens is 4. The summed E-state index contributed by atoms with van der Waals surface area (Å²) >= 11 is 0. The molecule has 32 heavy (non-hydrogen) atoms. The third kappa shape index (κ3) is 4.84. The number of likely N-dealkylation sites (tertiary alicyclic amines) is 1. The first-order chi connectivity index (χ1) is 15.3. The van der Waals surface area contributed by atoms with Gasteiger partial charge in [-0.15, -0.1) is 0 Å². The first-order valence-corrected chi connectivity index (χ1v) is 10.0. The molecule has 1 fully saturated rings. The van der Waals surface area contributed by atoms with Crippen LogP contribution in [0.3, 0.4) is 0 Å². The fourth-order valence-corrected chi connectivity index (χ4v) is 3.51. The van der Waals surface area contributed by atoms with Crippen molar-refractivity contribution in [2.75, 3.05) is 13.1 Å². The van der Waals surface area contributed by atoms with Gasteiger partial charge in [-0.05, 0) is 43.5 Å². The molecule has 0 bridgehead atoms. The van der Waals surface area contributed by atoms with Gasteiger partial charge >= 0.3 is 6.18 Å². The number of alkyl halides is 3. The molecule has 1 aliphatic heterocycles. The fraction of sp³-hybridized carbons (Fsp3) is 0.318. The van der Waals surface area contributed by atoms with Crippen LogP contribution in [0.1, 0.15) is 34.5 Å². The van der Waals surface area contributed by atoms with E-state index < -0.39 is 11.7 Å². The minimum absolute atomic E-state index is 0.0872. The molecule has 1 aliphatic rings. The number of nitrogens with zero attached hydrogens (tertiary/aromatic N) is 5. The fourth-order valence-electron chi connectivity index (χ4n) is 3.51. The molecule has 4 heterocycles. The minimum atomic E-state index is -4.46. The van der Waals surface area contributed by atoms with Gasteiger partial charge in [-0.25, -0.2) is 15.0 Å². The Hall–Kier alpha value is -3.56. The van der Waals surface area contributed by atoms with Crippen molar-refractivity contribution in [2.24, 2.45) is 0 Å². The highest BCUT2D eigenvalue weighted by atomic mass is 19.4. The summed E-state index contributed by atoms with van der Waals surface area (Å²) in [5.74, 6) is 0.219. The molecule has 0 radical (unpaired) electrons. The Morgan fingerprint density at radius 1 is 1.12 bits per heavy atom. The standard InChI is InChI=1S/C22H20F3N5O2/c1-14-10-17(20-26-7-3-8-27-20)19(29-11-14)21(31)30-9-2-4-16(13-30)32-18-6-5-15(12-28-18)22(23,24)25/h3,5-8,10-12,16H,2,4,9,13H2,1H3/t16-/m1/s1. The van der Waals surface area contributed by atoms with Crippen molar-refractivity contribution >= 4 is 5.91 Å². The van der Waals surface area contributed by atoms with Crippen LogP contribution in [0.25, 0.3) is 11.4 Å². The molecule has 0 aromatic carbocycles. The molecule has 10 heteroatoms. The maximum Gasteiger partial charge on any atom is 0.417 e. The SMILES string of the molecule is Cc1cnc(C(=O)N2CCC[C@@H](Oc3ccc(C(F)(F)F)cn3)C2)c(-c2ncccn2)c1. The average Bonchev–Trinajstić information content (AvgIpc) is 2.79. The number of carbonyl (C=O) groups excluding carboxylic acids is 1. The van der Waals surface area contributed by atoms with Crippen molar-refractivity contribution in [1.29, 1.82) is 0 Å². The van der Waals surface area contributed by atoms with Crippen LogP contribution in [0.15, 0.2) is 49.1 Å². The second-order valence-electron chi connectivity index (χ2n) is 7.50. The molecular formula is C22H20F3N5O2. The first kappa shape index (κ1) is 21.7. The predicted molar refractivity (Wildman–Crippen MR) is 109 cm³/mol. The summed E-state index contributed by atoms with van der Waals surface area (Å²) in [4.78, 5) is 31.5. The molecule has 1 amide bonds. The van der Waals surface area contributed by atoms with Gasteiger partial charge in [0.05, 0.1) is 17.7 Å². The van der Waals surface area contributed by atoms with Gasteiger partial charge in [0, 0.05) is 37.4 Å². The number of carbonyl (C=O) groups is 1. The third-order valence-electron chi connectivity index (χ3n) is 5.05. The van der Waals surface area contributed by atoms with Crippen LogP contribution in [-0.4, -0.2) is 49.9 Å². The van der Waals surface area contributed by atoms with Gasteiger partial charge in [0.2, 0.25) is 5.88 Å². The number of piperidine rings is 1. The topological polar surface area (TPSA) is 81.1 Å². The summed E-state index contributed by atoms with van der Waals surface area (Å²) in [6.45, 7) is 2.66. The van der Waals surface area contributed by atoms with Crippen molar-refractivity contribution in [3.63, 3.8) is 0 Å². The van der Waals surface area contributed by atoms with Crippen molar-refractivity contribution in [3.8, 4) is 17.3 Å². The molecule has 1 atom stereocenters. The van der Waals surface area contributed by atoms with E-state index in [0.29, 0.717) is 30.8 Å². The normalized spacial score (nSPS) is 16.6. The van der Waals surface area contributed by atoms with E-state index in [9.17, 15) is 18.0 Å². The van der Waals surface area contributed by atoms with Crippen LogP contribution in [0.5, 0.6) is 5.88 Å². The zero-order chi connectivity index (χ0) is 22.7. The predicted octanol–water partition coefficient (Wildman–Crippen LogP) is 3.94. The molecule has 166 valence electrons. The monoisotopic (exact) mass is 443 g/mol. The summed E-state index contributed by atoms with van der Waals surface area (Å²) in [6, 6.07) is 5.63. The molecule has 7 nitrogen and oxygen atoms in total. The molecule has 1 saturated heterocycles. The van der Waals surface area contributed by atoms with Gasteiger partial charge in [0.15, 0.2) is 5.82 Å². The van der Waals surface area contributed by atoms with Gasteiger partial charge in [0.1, 0.15) is 11.8 Å². The Kier molecular flexibility index (Phi) is 6.02. The summed E-state index contributed by atoms with van der Waals surface area (Å²) in [5.41, 5.74) is 0.821. The first-order valence-electron chi connectivity index (χ1n) is 10.0. The lowest BCUT2D eigenvalue weighted by Crippen LogP contribution is -2.44. The Labute approximate surface area is 182 Å². The van der Waals surface area contributed by atoms with Gasteiger partial charge in [-0.2, -0.15) is 13.2 Å². The van der Waals surface area contributed by atoms with Gasteiger partial charge in [0.25, 0.3) is 5.91 Å². The van der Waals surface area contributed by atoms with Crippen molar-refractivity contribution < 1.29 is 22.7 Å². The molecule has 0 unspecified atom stereocenters. The largest absolute Gasteiger partial charge is 0.472 e. The lowest BCUT2D eigenvalue weighted by Gasteiger charge is -2.32. The number of pyridine rings is 2. The van der Waals surface area contributed by atoms with Gasteiger partial charge in [-0.3, -0.25) is 9.78 Å². The summed E-state index contributed by atoms with van der Waals surface area (Å²) in [7, 11) is 0. The highest BCUT2D eigenvalue weighted by Crippen LogP contribution is 2.30. The van der Waals surface area contributed by atoms with E-state index in [-0.39, 0.29) is 30.1 Å². The number of hydrogen-bond acceptors (Lipinski definition) is 6. The van der Waals surface area contributed by atoms with Crippen molar-refractivity contribution in [3.05, 3.63) is 65.9 Å². The van der Waals surface area contributed by atoms with Crippen LogP contribution >= 0.6 is 0 Å². The maximum absolute atomic E-state index is 13.3. The highest BCUT2D eigenvalue weighted by Gasteiger charge is 2.32. The van der Waals surface area contributed by atoms with E-state index in [1.54, 1.807) is 29.6 Å². The Bertz CT molecular complexity index is 1090. The molecule has 3 aromatic heterocycles. The molecular weight excluding hydrogens is 423 g/mol. The summed E-state index contributed by atoms with van der Waals surface area (Å²) < 4.78 is 43.9. The second-order valence-corrected chi connectivity index (χ2v) is 7.50. The minimum Gasteiger partial charge on any atom is -0.472 e. The average molecular weight is 443 g/mol. The molecule has 0 aliphatic carbocycles. The second kappa shape index (κ2) is 8.89. The number of aryl methyl sites for hydroxylation is 1. The maximum atomic E-state index is 13.3. The lowest BCUT2D eigenvalue weighted by atomic mass is 10.1. The number of amides is 1. The number of rotatable bonds is 4. The molecule has 0 N–H and O–H groups in total. The summed E-state index contributed by atoms with van der Waals surface area (Å²) in [5, 5.41) is 0. The highest BCUT2D eigenvalue weighted by molar-refractivity contribution is 5.98. The van der Waals surface area contributed by atoms with Crippen LogP contribution in [0.4, 0.5) is 13.2 Å². The van der Waals surface area contributed by atoms with Crippen LogP contribution in [-0.2, 0) is 6.18 Å². The van der Waals surface area contributed by atoms with Crippen LogP contribution < -0.4 is 4.74 Å². The van der Waals surface area contributed by atoms with Crippen molar-refractivity contribution in [2.45, 2.75) is 32.0 Å². The van der Waals surface area contributed by atoms with Crippen molar-refractivity contribution in [1.82, 2.24) is 24.8 Å². The Balaban J connectivity index is 1.50. The quantitative estimate of drug-likeness (QED) is 0.608. The zero-order valence-corrected chi connectivity index (χ0v) is 17.2. The van der Waals surface area contributed by atoms with E-state index in [1.165, 1.54) is 6.07 Å². The van der Waals surface area contributed by atoms with E-state index in [4.69, 9.17) is 4.74 Å². The molecule has 0 spiro atoms. The summed E-state index contributed by atoms with van der Waals surface area (Å²) in [6.07, 6.45) is 2.04. The van der Waals surface area contributed by atoms with E-state index >= 15 is 0 Å². The zero-order valence-electron chi connectivity index (χ0n) is 17.2. The third-order valence-corrected chi connectivity index (χ3v) is 5.05. The Morgan fingerprint density at radius 3 is 2.59 bits per heavy atom. The van der Waals surface area contributed by atoms with E-state index in [0.717, 1.165) is 17.8 Å². The Morgan fingerprint density at radius 2 is 1.91 bits per heavy atom.